The fourth-order valence-corrected chi connectivity index (χ4v) is 25.2. The maximum Gasteiger partial charge on any atom is -0.0158 e. The second-order valence-electron chi connectivity index (χ2n) is 14.8. The zero-order valence-electron chi connectivity index (χ0n) is 27.8. The smallest absolute Gasteiger partial charge is 0.0158 e. The highest BCUT2D eigenvalue weighted by Gasteiger charge is 2.49. The minimum atomic E-state index is -0.129. The van der Waals surface area contributed by atoms with E-state index in [0.717, 1.165) is 57.1 Å². The number of hydrogen-bond donors (Lipinski definition) is 0. The Bertz CT molecular complexity index is 1190. The summed E-state index contributed by atoms with van der Waals surface area (Å²) in [6.45, 7) is 21.0. The first-order chi connectivity index (χ1) is 20.2. The molecule has 0 amide bonds. The molecule has 2 aromatic rings. The van der Waals surface area contributed by atoms with Gasteiger partial charge in [0.25, 0.3) is 0 Å². The summed E-state index contributed by atoms with van der Waals surface area (Å²) in [6, 6.07) is 19.9. The molecule has 0 nitrogen and oxygen atoms in total. The monoisotopic (exact) mass is 638 g/mol. The molecule has 4 aliphatic rings. The summed E-state index contributed by atoms with van der Waals surface area (Å²) in [5.41, 5.74) is 7.00. The summed E-state index contributed by atoms with van der Waals surface area (Å²) in [6.07, 6.45) is 11.6. The molecule has 0 N–H and O–H groups in total. The number of benzene rings is 2. The molecular formula is C38H58P4. The van der Waals surface area contributed by atoms with Gasteiger partial charge in [0.05, 0.1) is 0 Å². The molecule has 14 atom stereocenters. The van der Waals surface area contributed by atoms with Crippen LogP contribution in [0.3, 0.4) is 0 Å². The van der Waals surface area contributed by atoms with Gasteiger partial charge in [-0.1, -0.05) is 142 Å². The largest absolute Gasteiger partial charge is 0.0688 e. The average Bonchev–Trinajstić information content (AvgIpc) is 3.45. The Labute approximate surface area is 264 Å². The summed E-state index contributed by atoms with van der Waals surface area (Å²) in [7, 11) is -0.292. The molecule has 0 saturated carbocycles. The van der Waals surface area contributed by atoms with E-state index in [2.05, 4.69) is 104 Å². The van der Waals surface area contributed by atoms with Crippen molar-refractivity contribution in [1.82, 2.24) is 0 Å². The first kappa shape index (κ1) is 32.1. The van der Waals surface area contributed by atoms with Gasteiger partial charge in [-0.3, -0.25) is 0 Å². The van der Waals surface area contributed by atoms with Crippen LogP contribution in [0.1, 0.15) is 107 Å². The predicted molar refractivity (Wildman–Crippen MR) is 199 cm³/mol. The lowest BCUT2D eigenvalue weighted by molar-refractivity contribution is 0.286. The van der Waals surface area contributed by atoms with E-state index in [0.29, 0.717) is 0 Å². The van der Waals surface area contributed by atoms with Crippen molar-refractivity contribution in [3.8, 4) is 0 Å². The van der Waals surface area contributed by atoms with E-state index in [1.807, 2.05) is 21.2 Å². The molecule has 42 heavy (non-hydrogen) atoms. The molecule has 0 radical (unpaired) electrons. The van der Waals surface area contributed by atoms with Crippen molar-refractivity contribution >= 4 is 52.9 Å². The zero-order chi connectivity index (χ0) is 29.7. The van der Waals surface area contributed by atoms with Crippen molar-refractivity contribution in [2.24, 2.45) is 11.8 Å². The Hall–Kier alpha value is 0.160. The van der Waals surface area contributed by atoms with Crippen LogP contribution < -0.4 is 21.2 Å². The van der Waals surface area contributed by atoms with Gasteiger partial charge in [0.2, 0.25) is 0 Å². The fraction of sp³-hybridized carbons (Fsp3) is 0.684. The minimum absolute atomic E-state index is 0.0153. The van der Waals surface area contributed by atoms with Crippen LogP contribution in [-0.4, -0.2) is 45.3 Å². The summed E-state index contributed by atoms with van der Waals surface area (Å²) in [5.74, 6) is 1.81. The van der Waals surface area contributed by atoms with Crippen LogP contribution in [0.25, 0.3) is 0 Å². The van der Waals surface area contributed by atoms with Crippen molar-refractivity contribution in [3.63, 3.8) is 0 Å². The first-order valence-corrected chi connectivity index (χ1v) is 23.4. The maximum atomic E-state index is 2.72. The van der Waals surface area contributed by atoms with Crippen LogP contribution in [0.2, 0.25) is 0 Å². The van der Waals surface area contributed by atoms with Gasteiger partial charge in [-0.25, -0.2) is 0 Å². The van der Waals surface area contributed by atoms with Crippen molar-refractivity contribution < 1.29 is 0 Å². The van der Waals surface area contributed by atoms with Crippen molar-refractivity contribution in [3.05, 3.63) is 48.5 Å². The van der Waals surface area contributed by atoms with Gasteiger partial charge >= 0.3 is 0 Å². The van der Waals surface area contributed by atoms with Crippen LogP contribution in [-0.2, 0) is 0 Å². The normalized spacial score (nSPS) is 44.4. The minimum Gasteiger partial charge on any atom is -0.0688 e. The molecule has 0 bridgehead atoms. The second kappa shape index (κ2) is 13.5. The van der Waals surface area contributed by atoms with Gasteiger partial charge in [-0.15, -0.1) is 0 Å². The number of hydrogen-bond acceptors (Lipinski definition) is 0. The first-order valence-electron chi connectivity index (χ1n) is 17.5. The van der Waals surface area contributed by atoms with Gasteiger partial charge in [-0.2, -0.15) is 0 Å². The van der Waals surface area contributed by atoms with Crippen LogP contribution >= 0.6 is 31.7 Å². The standard InChI is InChI=1S/C38H58P4/c1-25-14-13-15-26(2)39(25)35-16-9-11-18-37(35)41-29(5)22-23-33(31(41)7)34-24-30(6)42(32(34)8)38-19-12-10-17-36(38)40-27(3)20-21-28(40)4/h9-12,16-19,25-34H,13-15,20-24H2,1-8H3/t25-,26+,27-,28+,29-,30+,31+,32-,33?,34?,39?,40?,41?,42?/m1/s1. The van der Waals surface area contributed by atoms with Gasteiger partial charge in [0.1, 0.15) is 0 Å². The van der Waals surface area contributed by atoms with E-state index in [1.165, 1.54) is 51.4 Å². The van der Waals surface area contributed by atoms with Gasteiger partial charge in [0.15, 0.2) is 0 Å². The Balaban J connectivity index is 1.29. The third kappa shape index (κ3) is 5.90. The molecule has 4 heterocycles. The van der Waals surface area contributed by atoms with E-state index < -0.39 is 0 Å². The Morgan fingerprint density at radius 3 is 1.26 bits per heavy atom. The summed E-state index contributed by atoms with van der Waals surface area (Å²) < 4.78 is 0. The summed E-state index contributed by atoms with van der Waals surface area (Å²) in [5, 5.41) is 7.30. The Kier molecular flexibility index (Phi) is 10.3. The molecule has 4 heteroatoms. The molecule has 4 fully saturated rings. The average molecular weight is 639 g/mol. The Morgan fingerprint density at radius 1 is 0.405 bits per heavy atom. The van der Waals surface area contributed by atoms with Crippen LogP contribution in [0.4, 0.5) is 0 Å². The highest BCUT2D eigenvalue weighted by Crippen LogP contribution is 2.65. The molecule has 6 rings (SSSR count). The highest BCUT2D eigenvalue weighted by atomic mass is 31.1. The fourth-order valence-electron chi connectivity index (χ4n) is 10.1. The second-order valence-corrected chi connectivity index (χ2v) is 26.9. The predicted octanol–water partition coefficient (Wildman–Crippen LogP) is 10.3. The summed E-state index contributed by atoms with van der Waals surface area (Å²) >= 11 is 0. The molecule has 2 aromatic carbocycles. The molecule has 0 spiro atoms. The lowest BCUT2D eigenvalue weighted by Gasteiger charge is -2.46. The molecule has 0 aliphatic carbocycles. The zero-order valence-corrected chi connectivity index (χ0v) is 31.4. The molecule has 6 unspecified atom stereocenters. The molecule has 4 saturated heterocycles. The Morgan fingerprint density at radius 2 is 0.762 bits per heavy atom. The van der Waals surface area contributed by atoms with Crippen LogP contribution in [0.15, 0.2) is 48.5 Å². The third-order valence-electron chi connectivity index (χ3n) is 12.2. The van der Waals surface area contributed by atoms with E-state index in [1.54, 1.807) is 0 Å². The summed E-state index contributed by atoms with van der Waals surface area (Å²) in [4.78, 5) is 0. The van der Waals surface area contributed by atoms with Gasteiger partial charge in [0, 0.05) is 0 Å². The quantitative estimate of drug-likeness (QED) is 0.286. The molecule has 230 valence electrons. The van der Waals surface area contributed by atoms with Crippen molar-refractivity contribution in [1.29, 1.82) is 0 Å². The van der Waals surface area contributed by atoms with E-state index >= 15 is 0 Å². The van der Waals surface area contributed by atoms with E-state index in [9.17, 15) is 0 Å². The van der Waals surface area contributed by atoms with Gasteiger partial charge < -0.3 is 0 Å². The highest BCUT2D eigenvalue weighted by molar-refractivity contribution is 7.74. The van der Waals surface area contributed by atoms with Gasteiger partial charge in [-0.05, 0) is 123 Å². The lowest BCUT2D eigenvalue weighted by Crippen LogP contribution is -2.41. The molecule has 4 aliphatic heterocycles. The number of rotatable bonds is 5. The van der Waals surface area contributed by atoms with Crippen LogP contribution in [0.5, 0.6) is 0 Å². The van der Waals surface area contributed by atoms with E-state index in [-0.39, 0.29) is 31.7 Å². The third-order valence-corrected chi connectivity index (χ3v) is 26.0. The SMILES string of the molecule is C[C@@H]1CC[C@H](C)P1c1ccccc1P1[C@H](C)C(C2CC[C@@H](C)P(c3ccccc3P3[C@H](C)CCC[C@@H]3C)[C@H]2C)C[C@@H]1C. The molecular weight excluding hydrogens is 580 g/mol. The molecule has 0 aromatic heterocycles. The van der Waals surface area contributed by atoms with E-state index in [4.69, 9.17) is 0 Å². The van der Waals surface area contributed by atoms with Crippen molar-refractivity contribution in [2.75, 3.05) is 0 Å². The van der Waals surface area contributed by atoms with Crippen LogP contribution in [0, 0.1) is 11.8 Å². The maximum absolute atomic E-state index is 2.72. The van der Waals surface area contributed by atoms with Crippen molar-refractivity contribution in [2.45, 2.75) is 152 Å². The lowest BCUT2D eigenvalue weighted by atomic mass is 9.81. The topological polar surface area (TPSA) is 0 Å².